The second-order valence-electron chi connectivity index (χ2n) is 16.7. The quantitative estimate of drug-likeness (QED) is 0.0239. The molecule has 330 valence electrons. The minimum Gasteiger partial charge on any atom is -0.462 e. The van der Waals surface area contributed by atoms with Crippen LogP contribution in [0.2, 0.25) is 0 Å². The average molecular weight is 809 g/mol. The Morgan fingerprint density at radius 2 is 0.818 bits per heavy atom. The van der Waals surface area contributed by atoms with Crippen LogP contribution in [0.1, 0.15) is 219 Å². The van der Waals surface area contributed by atoms with E-state index >= 15 is 0 Å². The van der Waals surface area contributed by atoms with Gasteiger partial charge in [-0.1, -0.05) is 194 Å². The molecule has 0 aliphatic rings. The molecule has 0 saturated heterocycles. The summed E-state index contributed by atoms with van der Waals surface area (Å²) in [6.45, 7) is 4.82. The Hall–Kier alpha value is -1.03. The van der Waals surface area contributed by atoms with Crippen LogP contribution in [0, 0.1) is 0 Å². The molecular formula is C44H91NO9P+. The molecule has 55 heavy (non-hydrogen) atoms. The second kappa shape index (κ2) is 41.1. The Bertz CT molecular complexity index is 878. The van der Waals surface area contributed by atoms with Crippen molar-refractivity contribution in [1.29, 1.82) is 0 Å². The molecule has 11 heteroatoms. The monoisotopic (exact) mass is 809 g/mol. The fraction of sp³-hybridized carbons (Fsp3) is 0.955. The molecule has 0 spiro atoms. The summed E-state index contributed by atoms with van der Waals surface area (Å²) in [6.07, 6.45) is 36.8. The topological polar surface area (TPSA) is 140 Å². The molecule has 0 aromatic carbocycles. The third kappa shape index (κ3) is 51.0. The lowest BCUT2D eigenvalue weighted by Gasteiger charge is -2.21. The van der Waals surface area contributed by atoms with Gasteiger partial charge in [0.25, 0.3) is 0 Å². The van der Waals surface area contributed by atoms with Crippen LogP contribution in [0.25, 0.3) is 0 Å². The third-order valence-corrected chi connectivity index (χ3v) is 10.4. The second-order valence-corrected chi connectivity index (χ2v) is 18.0. The van der Waals surface area contributed by atoms with Crippen molar-refractivity contribution < 1.29 is 47.5 Å². The molecule has 0 fully saturated rings. The summed E-state index contributed by atoms with van der Waals surface area (Å²) in [6, 6.07) is 0. The fourth-order valence-corrected chi connectivity index (χ4v) is 6.74. The van der Waals surface area contributed by atoms with Crippen molar-refractivity contribution in [2.45, 2.75) is 225 Å². The first-order chi connectivity index (χ1) is 26.3. The lowest BCUT2D eigenvalue weighted by molar-refractivity contribution is -0.870. The number of aliphatic hydroxyl groups is 1. The zero-order chi connectivity index (χ0) is 41.3. The Morgan fingerprint density at radius 3 is 1.09 bits per heavy atom. The van der Waals surface area contributed by atoms with Gasteiger partial charge in [0.2, 0.25) is 0 Å². The van der Waals surface area contributed by atoms with Gasteiger partial charge < -0.3 is 28.9 Å². The fourth-order valence-electron chi connectivity index (χ4n) is 6.38. The van der Waals surface area contributed by atoms with Crippen molar-refractivity contribution >= 4 is 19.8 Å². The smallest absolute Gasteiger partial charge is 0.462 e. The number of nitrogens with zero attached hydrogens (tertiary/aromatic N) is 1. The largest absolute Gasteiger partial charge is 0.469 e. The number of rotatable bonds is 40. The third-order valence-electron chi connectivity index (χ3n) is 9.90. The summed E-state index contributed by atoms with van der Waals surface area (Å²) in [5.74, 6) is -0.869. The van der Waals surface area contributed by atoms with Crippen molar-refractivity contribution in [3.8, 4) is 0 Å². The zero-order valence-electron chi connectivity index (χ0n) is 36.7. The molecular weight excluding hydrogens is 717 g/mol. The summed E-state index contributed by atoms with van der Waals surface area (Å²) in [7, 11) is 1.41. The molecule has 0 saturated carbocycles. The highest BCUT2D eigenvalue weighted by Gasteiger charge is 2.23. The molecule has 0 unspecified atom stereocenters. The minimum atomic E-state index is -4.74. The van der Waals surface area contributed by atoms with Gasteiger partial charge in [-0.05, 0) is 12.8 Å². The number of unbranched alkanes of at least 4 members (excludes halogenated alkanes) is 28. The maximum atomic E-state index is 12.4. The molecule has 3 N–H and O–H groups in total. The predicted octanol–water partition coefficient (Wildman–Crippen LogP) is 11.8. The van der Waals surface area contributed by atoms with Crippen LogP contribution in [-0.2, 0) is 28.2 Å². The molecule has 10 nitrogen and oxygen atoms in total. The summed E-state index contributed by atoms with van der Waals surface area (Å²) in [5.41, 5.74) is 0. The Labute approximate surface area is 339 Å². The molecule has 0 bridgehead atoms. The van der Waals surface area contributed by atoms with E-state index in [2.05, 4.69) is 39.5 Å². The number of ether oxygens (including phenoxy) is 2. The van der Waals surface area contributed by atoms with Gasteiger partial charge in [-0.15, -0.1) is 0 Å². The van der Waals surface area contributed by atoms with E-state index < -0.39 is 32.5 Å². The number of aliphatic hydroxyl groups excluding tert-OH is 1. The van der Waals surface area contributed by atoms with Crippen LogP contribution in [0.5, 0.6) is 0 Å². The Kier molecular flexibility index (Phi) is 41.9. The molecule has 0 aromatic rings. The van der Waals surface area contributed by atoms with Gasteiger partial charge in [-0.3, -0.25) is 14.1 Å². The SMILES string of the molecule is CCCCCCCCCCCCCCCCCC(=O)OC[C@H](COP(=O)(O)O)OC(=O)CCCCCCCCCCCCCCCCC.C[N+](C)(C)CCO. The standard InChI is InChI=1S/C39H77O8P.C5H14NO/c1-3-5-7-9-11-13-15-17-19-21-23-25-27-29-31-33-38(40)45-35-37(36-46-48(42,43)44)47-39(41)34-32-30-28-26-24-22-20-18-16-14-12-10-8-6-4-2;1-6(2,3)4-5-7/h37H,3-36H2,1-2H3,(H2,42,43,44);7H,4-5H2,1-3H3/q;+1/t37-;/m1./s1. The predicted molar refractivity (Wildman–Crippen MR) is 228 cm³/mol. The summed E-state index contributed by atoms with van der Waals surface area (Å²) >= 11 is 0. The first kappa shape index (κ1) is 56.1. The highest BCUT2D eigenvalue weighted by Crippen LogP contribution is 2.36. The van der Waals surface area contributed by atoms with E-state index in [0.717, 1.165) is 43.1 Å². The van der Waals surface area contributed by atoms with E-state index in [4.69, 9.17) is 24.4 Å². The molecule has 1 atom stereocenters. The van der Waals surface area contributed by atoms with Crippen molar-refractivity contribution in [2.75, 3.05) is 47.5 Å². The number of hydrogen-bond donors (Lipinski definition) is 3. The lowest BCUT2D eigenvalue weighted by atomic mass is 10.0. The Morgan fingerprint density at radius 1 is 0.509 bits per heavy atom. The molecule has 0 aliphatic carbocycles. The highest BCUT2D eigenvalue weighted by molar-refractivity contribution is 7.46. The van der Waals surface area contributed by atoms with Crippen LogP contribution in [0.4, 0.5) is 0 Å². The van der Waals surface area contributed by atoms with E-state index in [1.165, 1.54) is 154 Å². The minimum absolute atomic E-state index is 0.220. The van der Waals surface area contributed by atoms with Crippen LogP contribution >= 0.6 is 7.82 Å². The van der Waals surface area contributed by atoms with Crippen molar-refractivity contribution in [2.24, 2.45) is 0 Å². The molecule has 0 aromatic heterocycles. The van der Waals surface area contributed by atoms with Gasteiger partial charge in [-0.2, -0.15) is 0 Å². The van der Waals surface area contributed by atoms with Gasteiger partial charge >= 0.3 is 19.8 Å². The zero-order valence-corrected chi connectivity index (χ0v) is 37.6. The number of likely N-dealkylation sites (N-methyl/N-ethyl adjacent to an activating group) is 1. The number of carbonyl (C=O) groups excluding carboxylic acids is 2. The van der Waals surface area contributed by atoms with Crippen molar-refractivity contribution in [1.82, 2.24) is 0 Å². The van der Waals surface area contributed by atoms with Crippen molar-refractivity contribution in [3.63, 3.8) is 0 Å². The van der Waals surface area contributed by atoms with Gasteiger partial charge in [0.1, 0.15) is 13.2 Å². The van der Waals surface area contributed by atoms with E-state index in [1.807, 2.05) is 0 Å². The van der Waals surface area contributed by atoms with E-state index in [1.54, 1.807) is 0 Å². The number of quaternary nitrogens is 1. The number of hydrogen-bond acceptors (Lipinski definition) is 7. The number of esters is 2. The van der Waals surface area contributed by atoms with Gasteiger partial charge in [0.15, 0.2) is 6.10 Å². The van der Waals surface area contributed by atoms with E-state index in [0.29, 0.717) is 6.42 Å². The molecule has 0 radical (unpaired) electrons. The maximum Gasteiger partial charge on any atom is 0.469 e. The number of carbonyl (C=O) groups is 2. The van der Waals surface area contributed by atoms with E-state index in [9.17, 15) is 14.2 Å². The number of phosphoric ester groups is 1. The van der Waals surface area contributed by atoms with Crippen LogP contribution in [-0.4, -0.2) is 84.9 Å². The normalized spacial score (nSPS) is 12.3. The molecule has 0 rings (SSSR count). The van der Waals surface area contributed by atoms with Gasteiger partial charge in [0, 0.05) is 12.8 Å². The molecule has 0 heterocycles. The Balaban J connectivity index is 0. The maximum absolute atomic E-state index is 12.4. The summed E-state index contributed by atoms with van der Waals surface area (Å²) in [4.78, 5) is 42.8. The molecule has 0 aliphatic heterocycles. The number of phosphoric acid groups is 1. The van der Waals surface area contributed by atoms with E-state index in [-0.39, 0.29) is 26.1 Å². The first-order valence-corrected chi connectivity index (χ1v) is 24.3. The van der Waals surface area contributed by atoms with Gasteiger partial charge in [0.05, 0.1) is 34.4 Å². The lowest BCUT2D eigenvalue weighted by Crippen LogP contribution is -2.36. The van der Waals surface area contributed by atoms with Crippen LogP contribution in [0.3, 0.4) is 0 Å². The van der Waals surface area contributed by atoms with Crippen LogP contribution < -0.4 is 0 Å². The molecule has 0 amide bonds. The summed E-state index contributed by atoms with van der Waals surface area (Å²) in [5, 5.41) is 8.39. The average Bonchev–Trinajstić information content (AvgIpc) is 3.12. The van der Waals surface area contributed by atoms with Crippen LogP contribution in [0.15, 0.2) is 0 Å². The highest BCUT2D eigenvalue weighted by atomic mass is 31.2. The first-order valence-electron chi connectivity index (χ1n) is 22.8. The van der Waals surface area contributed by atoms with Gasteiger partial charge in [-0.25, -0.2) is 4.57 Å². The van der Waals surface area contributed by atoms with Crippen molar-refractivity contribution in [3.05, 3.63) is 0 Å². The summed E-state index contributed by atoms with van der Waals surface area (Å²) < 4.78 is 27.2.